The Morgan fingerprint density at radius 1 is 0.459 bits per heavy atom. The molecule has 0 fully saturated rings. The molecule has 2 aliphatic carbocycles. The maximum atomic E-state index is 2.72. The van der Waals surface area contributed by atoms with E-state index in [-0.39, 0.29) is 33.8 Å². The van der Waals surface area contributed by atoms with Crippen molar-refractivity contribution < 1.29 is 0 Å². The van der Waals surface area contributed by atoms with Gasteiger partial charge in [0.1, 0.15) is 0 Å². The Balaban J connectivity index is 1.34. The van der Waals surface area contributed by atoms with Crippen LogP contribution in [0, 0.1) is 20.8 Å². The van der Waals surface area contributed by atoms with Gasteiger partial charge in [0.2, 0.25) is 0 Å². The van der Waals surface area contributed by atoms with Crippen LogP contribution in [-0.4, -0.2) is 6.71 Å². The summed E-state index contributed by atoms with van der Waals surface area (Å²) < 4.78 is 0. The zero-order chi connectivity index (χ0) is 43.3. The van der Waals surface area contributed by atoms with Crippen molar-refractivity contribution in [1.29, 1.82) is 0 Å². The van der Waals surface area contributed by atoms with E-state index in [1.807, 2.05) is 0 Å². The van der Waals surface area contributed by atoms with Crippen molar-refractivity contribution in [2.45, 2.75) is 143 Å². The zero-order valence-corrected chi connectivity index (χ0v) is 39.4. The lowest BCUT2D eigenvalue weighted by molar-refractivity contribution is 0.332. The second-order valence-electron chi connectivity index (χ2n) is 23.1. The standard InChI is InChI=1S/C58H65BN2/c1-35-26-51-53-52(27-35)61(49-32-43-41(28-37(49)3)55(7,8)24-25-56(43,9)10)50-33-44-42(57(11,12)34-58(44,13)14)31-46(50)59(53)45-29-39(38-18-16-15-17-19-38)21-23-47(45)60(51)48-30-40(54(4,5)6)22-20-36(48)2/h15-23,26-33H,24-25,34H2,1-14H3. The highest BCUT2D eigenvalue weighted by Gasteiger charge is 2.49. The topological polar surface area (TPSA) is 6.48 Å². The zero-order valence-electron chi connectivity index (χ0n) is 39.4. The van der Waals surface area contributed by atoms with Crippen LogP contribution in [0.3, 0.4) is 0 Å². The maximum Gasteiger partial charge on any atom is 0.252 e. The van der Waals surface area contributed by atoms with Gasteiger partial charge in [0.15, 0.2) is 0 Å². The molecule has 2 nitrogen and oxygen atoms in total. The number of hydrogen-bond acceptors (Lipinski definition) is 2. The third kappa shape index (κ3) is 6.03. The molecule has 0 unspecified atom stereocenters. The highest BCUT2D eigenvalue weighted by molar-refractivity contribution is 7.00. The molecule has 6 aromatic carbocycles. The van der Waals surface area contributed by atoms with Gasteiger partial charge < -0.3 is 9.80 Å². The van der Waals surface area contributed by atoms with Gasteiger partial charge >= 0.3 is 0 Å². The van der Waals surface area contributed by atoms with E-state index in [1.165, 1.54) is 119 Å². The molecular formula is C58H65BN2. The number of aryl methyl sites for hydroxylation is 3. The predicted molar refractivity (Wildman–Crippen MR) is 265 cm³/mol. The normalized spacial score (nSPS) is 18.6. The number of benzene rings is 6. The number of fused-ring (bicyclic) bond motifs is 6. The Morgan fingerprint density at radius 3 is 1.64 bits per heavy atom. The number of hydrogen-bond donors (Lipinski definition) is 0. The van der Waals surface area contributed by atoms with Gasteiger partial charge in [0, 0.05) is 34.1 Å². The Kier molecular flexibility index (Phi) is 8.55. The number of anilines is 6. The van der Waals surface area contributed by atoms with Crippen molar-refractivity contribution in [1.82, 2.24) is 0 Å². The molecule has 0 bridgehead atoms. The molecule has 0 aromatic heterocycles. The van der Waals surface area contributed by atoms with Crippen LogP contribution in [0.5, 0.6) is 0 Å². The van der Waals surface area contributed by atoms with Crippen LogP contribution >= 0.6 is 0 Å². The van der Waals surface area contributed by atoms with Gasteiger partial charge in [-0.05, 0) is 176 Å². The van der Waals surface area contributed by atoms with Crippen molar-refractivity contribution in [2.75, 3.05) is 9.80 Å². The first-order valence-electron chi connectivity index (χ1n) is 23.0. The number of rotatable bonds is 3. The van der Waals surface area contributed by atoms with Crippen LogP contribution in [0.15, 0.2) is 103 Å². The van der Waals surface area contributed by atoms with E-state index in [2.05, 4.69) is 210 Å². The van der Waals surface area contributed by atoms with Crippen molar-refractivity contribution in [2.24, 2.45) is 0 Å². The summed E-state index contributed by atoms with van der Waals surface area (Å²) in [6.45, 7) is 33.8. The van der Waals surface area contributed by atoms with Gasteiger partial charge in [-0.2, -0.15) is 0 Å². The second-order valence-corrected chi connectivity index (χ2v) is 23.1. The van der Waals surface area contributed by atoms with Crippen molar-refractivity contribution >= 4 is 57.2 Å². The van der Waals surface area contributed by atoms with Gasteiger partial charge in [-0.3, -0.25) is 0 Å². The average Bonchev–Trinajstić information content (AvgIpc) is 3.37. The van der Waals surface area contributed by atoms with Crippen LogP contribution in [0.1, 0.15) is 140 Å². The summed E-state index contributed by atoms with van der Waals surface area (Å²) in [5.74, 6) is 0. The summed E-state index contributed by atoms with van der Waals surface area (Å²) in [6.07, 6.45) is 3.53. The molecule has 6 aromatic rings. The highest BCUT2D eigenvalue weighted by atomic mass is 15.2. The first kappa shape index (κ1) is 40.1. The quantitative estimate of drug-likeness (QED) is 0.164. The molecule has 0 saturated heterocycles. The second kappa shape index (κ2) is 13.0. The molecule has 0 atom stereocenters. The summed E-state index contributed by atoms with van der Waals surface area (Å²) in [7, 11) is 0. The fourth-order valence-corrected chi connectivity index (χ4v) is 12.2. The third-order valence-corrected chi connectivity index (χ3v) is 15.5. The molecule has 2 heterocycles. The first-order chi connectivity index (χ1) is 28.6. The lowest BCUT2D eigenvalue weighted by Gasteiger charge is -2.47. The van der Waals surface area contributed by atoms with E-state index in [0.29, 0.717) is 0 Å². The largest absolute Gasteiger partial charge is 0.311 e. The molecule has 0 N–H and O–H groups in total. The molecule has 61 heavy (non-hydrogen) atoms. The summed E-state index contributed by atoms with van der Waals surface area (Å²) in [5.41, 5.74) is 26.2. The Bertz CT molecular complexity index is 2810. The lowest BCUT2D eigenvalue weighted by Crippen LogP contribution is -2.61. The Labute approximate surface area is 367 Å². The van der Waals surface area contributed by atoms with Crippen LogP contribution in [0.2, 0.25) is 0 Å². The molecule has 3 heteroatoms. The van der Waals surface area contributed by atoms with Crippen molar-refractivity contribution in [3.63, 3.8) is 0 Å². The Hall–Kier alpha value is -5.02. The van der Waals surface area contributed by atoms with E-state index in [1.54, 1.807) is 0 Å². The predicted octanol–water partition coefficient (Wildman–Crippen LogP) is 14.0. The average molecular weight is 801 g/mol. The van der Waals surface area contributed by atoms with Gasteiger partial charge in [-0.15, -0.1) is 0 Å². The summed E-state index contributed by atoms with van der Waals surface area (Å²) in [4.78, 5) is 5.35. The molecule has 4 aliphatic rings. The molecule has 0 amide bonds. The van der Waals surface area contributed by atoms with E-state index >= 15 is 0 Å². The summed E-state index contributed by atoms with van der Waals surface area (Å²) in [6, 6.07) is 40.9. The fourth-order valence-electron chi connectivity index (χ4n) is 12.2. The van der Waals surface area contributed by atoms with Crippen LogP contribution in [0.25, 0.3) is 11.1 Å². The molecule has 310 valence electrons. The maximum absolute atomic E-state index is 2.72. The lowest BCUT2D eigenvalue weighted by atomic mass is 9.33. The van der Waals surface area contributed by atoms with Gasteiger partial charge in [0.05, 0.1) is 0 Å². The highest BCUT2D eigenvalue weighted by Crippen LogP contribution is 2.55. The third-order valence-electron chi connectivity index (χ3n) is 15.5. The van der Waals surface area contributed by atoms with Gasteiger partial charge in [-0.1, -0.05) is 143 Å². The number of nitrogens with zero attached hydrogens (tertiary/aromatic N) is 2. The first-order valence-corrected chi connectivity index (χ1v) is 23.0. The summed E-state index contributed by atoms with van der Waals surface area (Å²) >= 11 is 0. The molecule has 2 aliphatic heterocycles. The monoisotopic (exact) mass is 801 g/mol. The molecule has 10 rings (SSSR count). The molecule has 0 spiro atoms. The smallest absolute Gasteiger partial charge is 0.252 e. The molecule has 0 saturated carbocycles. The van der Waals surface area contributed by atoms with Crippen LogP contribution < -0.4 is 26.2 Å². The van der Waals surface area contributed by atoms with Crippen molar-refractivity contribution in [3.05, 3.63) is 148 Å². The van der Waals surface area contributed by atoms with E-state index < -0.39 is 0 Å². The minimum atomic E-state index is 0.00974. The molecular weight excluding hydrogens is 735 g/mol. The fraction of sp³-hybridized carbons (Fsp3) is 0.379. The van der Waals surface area contributed by atoms with Crippen molar-refractivity contribution in [3.8, 4) is 11.1 Å². The van der Waals surface area contributed by atoms with E-state index in [0.717, 1.165) is 6.42 Å². The van der Waals surface area contributed by atoms with E-state index in [4.69, 9.17) is 0 Å². The summed E-state index contributed by atoms with van der Waals surface area (Å²) in [5, 5.41) is 0. The molecule has 0 radical (unpaired) electrons. The van der Waals surface area contributed by atoms with Crippen LogP contribution in [0.4, 0.5) is 34.1 Å². The van der Waals surface area contributed by atoms with Crippen LogP contribution in [-0.2, 0) is 27.1 Å². The van der Waals surface area contributed by atoms with Gasteiger partial charge in [0.25, 0.3) is 6.71 Å². The SMILES string of the molecule is Cc1cc2c3c(c1)N(c1cc4c(cc1C)C(C)(C)CCC4(C)C)c1cc4c(cc1B3c1cc(-c3ccccc3)ccc1N2c1cc(C(C)(C)C)ccc1C)C(C)(C)CC4(C)C. The van der Waals surface area contributed by atoms with Gasteiger partial charge in [-0.25, -0.2) is 0 Å². The minimum Gasteiger partial charge on any atom is -0.311 e. The Morgan fingerprint density at radius 2 is 1.00 bits per heavy atom. The van der Waals surface area contributed by atoms with E-state index in [9.17, 15) is 0 Å². The minimum absolute atomic E-state index is 0.00974.